The van der Waals surface area contributed by atoms with Crippen LogP contribution < -0.4 is 14.8 Å². The molecule has 3 nitrogen and oxygen atoms in total. The summed E-state index contributed by atoms with van der Waals surface area (Å²) in [5.41, 5.74) is 7.00. The number of fused-ring (bicyclic) bond motifs is 5. The van der Waals surface area contributed by atoms with Gasteiger partial charge in [-0.05, 0) is 54.2 Å². The van der Waals surface area contributed by atoms with Crippen molar-refractivity contribution in [1.82, 2.24) is 5.32 Å². The summed E-state index contributed by atoms with van der Waals surface area (Å²) in [5, 5.41) is 3.73. The van der Waals surface area contributed by atoms with Crippen molar-refractivity contribution in [3.05, 3.63) is 58.1 Å². The fourth-order valence-electron chi connectivity index (χ4n) is 4.15. The van der Waals surface area contributed by atoms with Crippen LogP contribution in [-0.4, -0.2) is 20.3 Å². The Morgan fingerprint density at radius 1 is 0.957 bits per heavy atom. The van der Waals surface area contributed by atoms with Gasteiger partial charge in [-0.15, -0.1) is 0 Å². The van der Waals surface area contributed by atoms with E-state index in [9.17, 15) is 0 Å². The van der Waals surface area contributed by atoms with Crippen LogP contribution in [0.5, 0.6) is 11.5 Å². The molecule has 0 unspecified atom stereocenters. The topological polar surface area (TPSA) is 30.5 Å². The van der Waals surface area contributed by atoms with E-state index >= 15 is 0 Å². The minimum Gasteiger partial charge on any atom is -0.493 e. The van der Waals surface area contributed by atoms with Crippen molar-refractivity contribution < 1.29 is 9.47 Å². The molecule has 23 heavy (non-hydrogen) atoms. The number of aryl methyl sites for hydroxylation is 2. The van der Waals surface area contributed by atoms with E-state index in [2.05, 4.69) is 42.6 Å². The largest absolute Gasteiger partial charge is 0.493 e. The third kappa shape index (κ3) is 2.31. The second-order valence-electron chi connectivity index (χ2n) is 6.61. The Morgan fingerprint density at radius 2 is 1.70 bits per heavy atom. The summed E-state index contributed by atoms with van der Waals surface area (Å²) in [7, 11) is 3.42. The highest BCUT2D eigenvalue weighted by Crippen LogP contribution is 2.44. The Balaban J connectivity index is 1.89. The first-order chi connectivity index (χ1) is 11.2. The standard InChI is InChI=1S/C20H23NO2/c1-12-4-5-14-11-21-17-7-6-13-9-18(22-2)19(23-3)10-16(13)20(17)15(14)8-12/h4-5,8-10,17,20-21H,6-7,11H2,1-3H3/t17-,20-/m1/s1. The first kappa shape index (κ1) is 14.6. The molecular formula is C20H23NO2. The fourth-order valence-corrected chi connectivity index (χ4v) is 4.15. The Hall–Kier alpha value is -2.00. The van der Waals surface area contributed by atoms with Crippen molar-refractivity contribution in [3.63, 3.8) is 0 Å². The molecule has 120 valence electrons. The van der Waals surface area contributed by atoms with Crippen LogP contribution in [0.25, 0.3) is 0 Å². The third-order valence-electron chi connectivity index (χ3n) is 5.30. The summed E-state index contributed by atoms with van der Waals surface area (Å²) in [5.74, 6) is 2.06. The van der Waals surface area contributed by atoms with Gasteiger partial charge in [0.2, 0.25) is 0 Å². The second kappa shape index (κ2) is 5.57. The highest BCUT2D eigenvalue weighted by Gasteiger charge is 2.35. The molecule has 0 radical (unpaired) electrons. The molecule has 2 aliphatic rings. The van der Waals surface area contributed by atoms with Crippen LogP contribution >= 0.6 is 0 Å². The minimum atomic E-state index is 0.405. The van der Waals surface area contributed by atoms with Crippen LogP contribution in [0.15, 0.2) is 30.3 Å². The van der Waals surface area contributed by atoms with Crippen molar-refractivity contribution in [2.24, 2.45) is 0 Å². The third-order valence-corrected chi connectivity index (χ3v) is 5.30. The van der Waals surface area contributed by atoms with E-state index in [1.807, 2.05) is 0 Å². The van der Waals surface area contributed by atoms with Gasteiger partial charge >= 0.3 is 0 Å². The number of methoxy groups -OCH3 is 2. The lowest BCUT2D eigenvalue weighted by molar-refractivity contribution is 0.349. The van der Waals surface area contributed by atoms with Crippen molar-refractivity contribution in [2.75, 3.05) is 14.2 Å². The predicted octanol–water partition coefficient (Wildman–Crippen LogP) is 3.56. The Kier molecular flexibility index (Phi) is 3.53. The minimum absolute atomic E-state index is 0.405. The van der Waals surface area contributed by atoms with Crippen LogP contribution in [0.2, 0.25) is 0 Å². The quantitative estimate of drug-likeness (QED) is 0.920. The molecule has 2 aromatic carbocycles. The monoisotopic (exact) mass is 309 g/mol. The summed E-state index contributed by atoms with van der Waals surface area (Å²) in [6.45, 7) is 3.15. The highest BCUT2D eigenvalue weighted by atomic mass is 16.5. The van der Waals surface area contributed by atoms with E-state index in [0.717, 1.165) is 24.5 Å². The predicted molar refractivity (Wildman–Crippen MR) is 91.5 cm³/mol. The molecule has 2 atom stereocenters. The summed E-state index contributed by atoms with van der Waals surface area (Å²) in [6.07, 6.45) is 2.26. The van der Waals surface area contributed by atoms with Crippen LogP contribution in [0.1, 0.15) is 40.2 Å². The van der Waals surface area contributed by atoms with Crippen molar-refractivity contribution >= 4 is 0 Å². The number of rotatable bonds is 2. The Bertz CT molecular complexity index is 754. The molecule has 1 aliphatic carbocycles. The van der Waals surface area contributed by atoms with Crippen LogP contribution in [0, 0.1) is 6.92 Å². The van der Waals surface area contributed by atoms with Gasteiger partial charge in [0, 0.05) is 18.5 Å². The number of hydrogen-bond donors (Lipinski definition) is 1. The van der Waals surface area contributed by atoms with E-state index in [0.29, 0.717) is 12.0 Å². The van der Waals surface area contributed by atoms with Gasteiger partial charge in [-0.1, -0.05) is 23.8 Å². The van der Waals surface area contributed by atoms with Gasteiger partial charge in [-0.3, -0.25) is 0 Å². The van der Waals surface area contributed by atoms with Gasteiger partial charge in [0.1, 0.15) is 0 Å². The molecule has 0 bridgehead atoms. The number of ether oxygens (including phenoxy) is 2. The molecule has 0 fully saturated rings. The molecule has 0 saturated carbocycles. The number of nitrogens with one attached hydrogen (secondary N) is 1. The molecule has 1 heterocycles. The van der Waals surface area contributed by atoms with Crippen LogP contribution in [-0.2, 0) is 13.0 Å². The van der Waals surface area contributed by atoms with Gasteiger partial charge in [0.25, 0.3) is 0 Å². The molecule has 0 aromatic heterocycles. The Morgan fingerprint density at radius 3 is 2.48 bits per heavy atom. The molecule has 0 saturated heterocycles. The zero-order valence-electron chi connectivity index (χ0n) is 14.0. The zero-order valence-corrected chi connectivity index (χ0v) is 14.0. The lowest BCUT2D eigenvalue weighted by Gasteiger charge is -2.40. The van der Waals surface area contributed by atoms with Crippen LogP contribution in [0.4, 0.5) is 0 Å². The zero-order chi connectivity index (χ0) is 16.0. The lowest BCUT2D eigenvalue weighted by Crippen LogP contribution is -2.42. The van der Waals surface area contributed by atoms with Gasteiger partial charge < -0.3 is 14.8 Å². The van der Waals surface area contributed by atoms with Gasteiger partial charge in [-0.2, -0.15) is 0 Å². The molecule has 1 N–H and O–H groups in total. The Labute approximate surface area is 137 Å². The SMILES string of the molecule is COc1cc2c(cc1OC)[C@H]1c3cc(C)ccc3CN[C@@H]1CC2. The van der Waals surface area contributed by atoms with Crippen LogP contribution in [0.3, 0.4) is 0 Å². The normalized spacial score (nSPS) is 21.9. The molecular weight excluding hydrogens is 286 g/mol. The average molecular weight is 309 g/mol. The van der Waals surface area contributed by atoms with E-state index in [1.165, 1.54) is 34.2 Å². The highest BCUT2D eigenvalue weighted by molar-refractivity contribution is 5.54. The summed E-state index contributed by atoms with van der Waals surface area (Å²) in [6, 6.07) is 11.7. The average Bonchev–Trinajstić information content (AvgIpc) is 2.59. The van der Waals surface area contributed by atoms with E-state index in [4.69, 9.17) is 9.47 Å². The summed E-state index contributed by atoms with van der Waals surface area (Å²) in [4.78, 5) is 0. The van der Waals surface area contributed by atoms with Gasteiger partial charge in [-0.25, -0.2) is 0 Å². The maximum atomic E-state index is 5.55. The molecule has 2 aromatic rings. The molecule has 3 heteroatoms. The fraction of sp³-hybridized carbons (Fsp3) is 0.400. The first-order valence-electron chi connectivity index (χ1n) is 8.29. The lowest BCUT2D eigenvalue weighted by atomic mass is 9.72. The molecule has 1 aliphatic heterocycles. The maximum absolute atomic E-state index is 5.55. The number of hydrogen-bond acceptors (Lipinski definition) is 3. The van der Waals surface area contributed by atoms with E-state index in [1.54, 1.807) is 14.2 Å². The summed E-state index contributed by atoms with van der Waals surface area (Å²) >= 11 is 0. The molecule has 0 amide bonds. The van der Waals surface area contributed by atoms with Crippen molar-refractivity contribution in [3.8, 4) is 11.5 Å². The second-order valence-corrected chi connectivity index (χ2v) is 6.61. The van der Waals surface area contributed by atoms with Crippen molar-refractivity contribution in [1.29, 1.82) is 0 Å². The maximum Gasteiger partial charge on any atom is 0.161 e. The summed E-state index contributed by atoms with van der Waals surface area (Å²) < 4.78 is 11.0. The van der Waals surface area contributed by atoms with Crippen molar-refractivity contribution in [2.45, 2.75) is 38.3 Å². The molecule has 4 rings (SSSR count). The molecule has 0 spiro atoms. The van der Waals surface area contributed by atoms with E-state index < -0.39 is 0 Å². The van der Waals surface area contributed by atoms with E-state index in [-0.39, 0.29) is 0 Å². The van der Waals surface area contributed by atoms with Gasteiger partial charge in [0.15, 0.2) is 11.5 Å². The number of benzene rings is 2. The van der Waals surface area contributed by atoms with Gasteiger partial charge in [0.05, 0.1) is 14.2 Å². The first-order valence-corrected chi connectivity index (χ1v) is 8.29. The smallest absolute Gasteiger partial charge is 0.161 e.